The molecule has 1 aromatic carbocycles. The van der Waals surface area contributed by atoms with Gasteiger partial charge in [-0.2, -0.15) is 0 Å². The van der Waals surface area contributed by atoms with Gasteiger partial charge < -0.3 is 4.74 Å². The minimum absolute atomic E-state index is 0.350. The van der Waals surface area contributed by atoms with Gasteiger partial charge in [0.05, 0.1) is 6.61 Å². The van der Waals surface area contributed by atoms with Crippen LogP contribution in [0.3, 0.4) is 0 Å². The molecule has 0 saturated carbocycles. The Labute approximate surface area is 125 Å². The number of hydrogen-bond acceptors (Lipinski definition) is 5. The van der Waals surface area contributed by atoms with Crippen LogP contribution in [0.4, 0.5) is 10.5 Å². The van der Waals surface area contributed by atoms with Crippen LogP contribution in [-0.2, 0) is 4.74 Å². The standard InChI is InChI=1S/C15H13N3O2S/c1-2-20-15(19)17-11-7-5-10(6-8-11)13-18-12-4-3-9-16-14(12)21-13/h3-9H,2H2,1H3,(H,17,19). The molecular weight excluding hydrogens is 286 g/mol. The first-order valence-electron chi connectivity index (χ1n) is 6.52. The summed E-state index contributed by atoms with van der Waals surface area (Å²) in [6, 6.07) is 11.3. The van der Waals surface area contributed by atoms with Crippen molar-refractivity contribution in [2.75, 3.05) is 11.9 Å². The van der Waals surface area contributed by atoms with Crippen molar-refractivity contribution in [3.63, 3.8) is 0 Å². The first kappa shape index (κ1) is 13.5. The summed E-state index contributed by atoms with van der Waals surface area (Å²) in [6.07, 6.45) is 1.31. The average molecular weight is 299 g/mol. The van der Waals surface area contributed by atoms with E-state index in [0.717, 1.165) is 20.9 Å². The molecule has 0 fully saturated rings. The normalized spacial score (nSPS) is 10.5. The van der Waals surface area contributed by atoms with Crippen LogP contribution in [-0.4, -0.2) is 22.7 Å². The number of pyridine rings is 1. The fourth-order valence-electron chi connectivity index (χ4n) is 1.87. The van der Waals surface area contributed by atoms with Gasteiger partial charge >= 0.3 is 6.09 Å². The quantitative estimate of drug-likeness (QED) is 0.796. The Morgan fingerprint density at radius 1 is 1.29 bits per heavy atom. The summed E-state index contributed by atoms with van der Waals surface area (Å²) in [5, 5.41) is 3.57. The Bertz CT molecular complexity index is 735. The molecule has 0 atom stereocenters. The Balaban J connectivity index is 1.81. The van der Waals surface area contributed by atoms with Gasteiger partial charge in [0.2, 0.25) is 0 Å². The van der Waals surface area contributed by atoms with E-state index in [1.54, 1.807) is 24.5 Å². The minimum Gasteiger partial charge on any atom is -0.450 e. The molecule has 3 rings (SSSR count). The predicted molar refractivity (Wildman–Crippen MR) is 83.5 cm³/mol. The molecule has 106 valence electrons. The number of nitrogens with one attached hydrogen (secondary N) is 1. The lowest BCUT2D eigenvalue weighted by molar-refractivity contribution is 0.168. The molecule has 0 bridgehead atoms. The maximum atomic E-state index is 11.3. The van der Waals surface area contributed by atoms with Crippen LogP contribution in [0.1, 0.15) is 6.92 Å². The lowest BCUT2D eigenvalue weighted by Gasteiger charge is -2.05. The van der Waals surface area contributed by atoms with E-state index in [-0.39, 0.29) is 0 Å². The Kier molecular flexibility index (Phi) is 3.79. The predicted octanol–water partition coefficient (Wildman–Crippen LogP) is 3.93. The third-order valence-electron chi connectivity index (χ3n) is 2.82. The van der Waals surface area contributed by atoms with E-state index in [1.165, 1.54) is 0 Å². The topological polar surface area (TPSA) is 64.1 Å². The van der Waals surface area contributed by atoms with Crippen molar-refractivity contribution < 1.29 is 9.53 Å². The van der Waals surface area contributed by atoms with Crippen LogP contribution in [0.5, 0.6) is 0 Å². The number of rotatable bonds is 3. The summed E-state index contributed by atoms with van der Waals surface area (Å²) in [5.41, 5.74) is 2.58. The van der Waals surface area contributed by atoms with E-state index in [4.69, 9.17) is 4.74 Å². The van der Waals surface area contributed by atoms with Crippen molar-refractivity contribution in [1.29, 1.82) is 0 Å². The number of thiazole rings is 1. The van der Waals surface area contributed by atoms with Crippen LogP contribution >= 0.6 is 11.3 Å². The van der Waals surface area contributed by atoms with E-state index in [9.17, 15) is 4.79 Å². The van der Waals surface area contributed by atoms with Gasteiger partial charge in [0.25, 0.3) is 0 Å². The third kappa shape index (κ3) is 3.00. The number of anilines is 1. The first-order chi connectivity index (χ1) is 10.3. The second kappa shape index (κ2) is 5.88. The summed E-state index contributed by atoms with van der Waals surface area (Å²) in [4.78, 5) is 21.1. The molecule has 0 unspecified atom stereocenters. The molecule has 0 aliphatic rings. The number of carbonyl (C=O) groups excluding carboxylic acids is 1. The van der Waals surface area contributed by atoms with Crippen molar-refractivity contribution in [1.82, 2.24) is 9.97 Å². The molecule has 0 saturated heterocycles. The molecule has 0 spiro atoms. The number of hydrogen-bond donors (Lipinski definition) is 1. The van der Waals surface area contributed by atoms with Gasteiger partial charge in [0, 0.05) is 17.4 Å². The van der Waals surface area contributed by atoms with Crippen molar-refractivity contribution in [2.45, 2.75) is 6.92 Å². The Morgan fingerprint density at radius 3 is 2.81 bits per heavy atom. The highest BCUT2D eigenvalue weighted by atomic mass is 32.1. The molecule has 5 nitrogen and oxygen atoms in total. The van der Waals surface area contributed by atoms with Crippen LogP contribution in [0, 0.1) is 0 Å². The molecule has 0 radical (unpaired) electrons. The second-order valence-electron chi connectivity index (χ2n) is 4.27. The molecule has 3 aromatic rings. The van der Waals surface area contributed by atoms with Gasteiger partial charge in [0.1, 0.15) is 15.4 Å². The smallest absolute Gasteiger partial charge is 0.411 e. The first-order valence-corrected chi connectivity index (χ1v) is 7.33. The summed E-state index contributed by atoms with van der Waals surface area (Å²) < 4.78 is 4.83. The van der Waals surface area contributed by atoms with Gasteiger partial charge in [-0.05, 0) is 43.3 Å². The third-order valence-corrected chi connectivity index (χ3v) is 3.85. The molecule has 2 aromatic heterocycles. The maximum Gasteiger partial charge on any atom is 0.411 e. The highest BCUT2D eigenvalue weighted by Gasteiger charge is 2.07. The van der Waals surface area contributed by atoms with E-state index in [0.29, 0.717) is 12.3 Å². The summed E-state index contributed by atoms with van der Waals surface area (Å²) in [7, 11) is 0. The SMILES string of the molecule is CCOC(=O)Nc1ccc(-c2nc3cccnc3s2)cc1. The molecular formula is C15H13N3O2S. The van der Waals surface area contributed by atoms with Crippen LogP contribution in [0.15, 0.2) is 42.6 Å². The number of carbonyl (C=O) groups is 1. The molecule has 0 aliphatic heterocycles. The minimum atomic E-state index is -0.450. The number of amides is 1. The summed E-state index contributed by atoms with van der Waals surface area (Å²) in [6.45, 7) is 2.12. The highest BCUT2D eigenvalue weighted by molar-refractivity contribution is 7.21. The molecule has 1 amide bonds. The van der Waals surface area contributed by atoms with E-state index >= 15 is 0 Å². The highest BCUT2D eigenvalue weighted by Crippen LogP contribution is 2.29. The molecule has 21 heavy (non-hydrogen) atoms. The molecule has 6 heteroatoms. The number of nitrogens with zero attached hydrogens (tertiary/aromatic N) is 2. The van der Waals surface area contributed by atoms with Crippen LogP contribution in [0.25, 0.3) is 20.9 Å². The molecule has 0 aliphatic carbocycles. The Morgan fingerprint density at radius 2 is 2.10 bits per heavy atom. The van der Waals surface area contributed by atoms with Crippen LogP contribution in [0.2, 0.25) is 0 Å². The average Bonchev–Trinajstić information content (AvgIpc) is 2.92. The lowest BCUT2D eigenvalue weighted by atomic mass is 10.2. The van der Waals surface area contributed by atoms with Gasteiger partial charge in [-0.3, -0.25) is 5.32 Å². The van der Waals surface area contributed by atoms with E-state index < -0.39 is 6.09 Å². The number of ether oxygens (including phenoxy) is 1. The van der Waals surface area contributed by atoms with Crippen LogP contribution < -0.4 is 5.32 Å². The summed E-state index contributed by atoms with van der Waals surface area (Å²) in [5.74, 6) is 0. The largest absolute Gasteiger partial charge is 0.450 e. The van der Waals surface area contributed by atoms with Gasteiger partial charge in [0.15, 0.2) is 0 Å². The maximum absolute atomic E-state index is 11.3. The number of fused-ring (bicyclic) bond motifs is 1. The lowest BCUT2D eigenvalue weighted by Crippen LogP contribution is -2.12. The zero-order valence-electron chi connectivity index (χ0n) is 11.4. The monoisotopic (exact) mass is 299 g/mol. The number of aromatic nitrogens is 2. The molecule has 1 N–H and O–H groups in total. The fraction of sp³-hybridized carbons (Fsp3) is 0.133. The van der Waals surface area contributed by atoms with Crippen molar-refractivity contribution in [2.24, 2.45) is 0 Å². The number of benzene rings is 1. The molecule has 2 heterocycles. The fourth-order valence-corrected chi connectivity index (χ4v) is 2.79. The van der Waals surface area contributed by atoms with Gasteiger partial charge in [-0.15, -0.1) is 0 Å². The zero-order chi connectivity index (χ0) is 14.7. The van der Waals surface area contributed by atoms with Crippen molar-refractivity contribution >= 4 is 33.5 Å². The van der Waals surface area contributed by atoms with Crippen molar-refractivity contribution in [3.05, 3.63) is 42.6 Å². The van der Waals surface area contributed by atoms with Crippen molar-refractivity contribution in [3.8, 4) is 10.6 Å². The van der Waals surface area contributed by atoms with E-state index in [2.05, 4.69) is 15.3 Å². The van der Waals surface area contributed by atoms with E-state index in [1.807, 2.05) is 36.4 Å². The van der Waals surface area contributed by atoms with Gasteiger partial charge in [-0.1, -0.05) is 11.3 Å². The van der Waals surface area contributed by atoms with Gasteiger partial charge in [-0.25, -0.2) is 14.8 Å². The second-order valence-corrected chi connectivity index (χ2v) is 5.25. The zero-order valence-corrected chi connectivity index (χ0v) is 12.2. The Hall–Kier alpha value is -2.47. The summed E-state index contributed by atoms with van der Waals surface area (Å²) >= 11 is 1.54.